The molecule has 0 spiro atoms. The summed E-state index contributed by atoms with van der Waals surface area (Å²) in [6, 6.07) is 0. The molecule has 0 saturated heterocycles. The summed E-state index contributed by atoms with van der Waals surface area (Å²) in [5, 5.41) is 4.30. The van der Waals surface area contributed by atoms with Crippen LogP contribution < -0.4 is 5.32 Å². The monoisotopic (exact) mass is 661 g/mol. The van der Waals surface area contributed by atoms with E-state index in [1.165, 1.54) is 217 Å². The summed E-state index contributed by atoms with van der Waals surface area (Å²) in [6.45, 7) is 0.987. The van der Waals surface area contributed by atoms with Crippen molar-refractivity contribution < 1.29 is 0 Å². The highest BCUT2D eigenvalue weighted by molar-refractivity contribution is 9.09. The molecule has 0 aliphatic rings. The minimum absolute atomic E-state index is 0.630. The number of unbranched alkanes of at least 4 members (excludes halogenated alkanes) is 32. The lowest BCUT2D eigenvalue weighted by atomic mass is 10.0. The molecule has 0 saturated carbocycles. The molecule has 0 rings (SSSR count). The second-order valence-electron chi connectivity index (χ2n) is 12.6. The first-order valence-electron chi connectivity index (χ1n) is 18.3. The summed E-state index contributed by atoms with van der Waals surface area (Å²) in [6.07, 6.45) is 47.9. The number of rotatable bonds is 35. The predicted molar refractivity (Wildman–Crippen MR) is 196 cm³/mol. The smallest absolute Gasteiger partial charge is 0.130 e. The van der Waals surface area contributed by atoms with Gasteiger partial charge in [0.15, 0.2) is 0 Å². The molecule has 40 heavy (non-hydrogen) atoms. The second kappa shape index (κ2) is 37.7. The Labute approximate surface area is 272 Å². The molecule has 0 radical (unpaired) electrons. The van der Waals surface area contributed by atoms with Crippen molar-refractivity contribution in [3.8, 4) is 0 Å². The first kappa shape index (κ1) is 40.7. The van der Waals surface area contributed by atoms with Crippen LogP contribution in [-0.4, -0.2) is 16.2 Å². The van der Waals surface area contributed by atoms with Crippen molar-refractivity contribution >= 4 is 45.1 Å². The fraction of sp³-hybridized carbons (Fsp3) is 0.972. The highest BCUT2D eigenvalue weighted by Gasteiger charge is 1.97. The van der Waals surface area contributed by atoms with E-state index in [0.29, 0.717) is 4.32 Å². The summed E-state index contributed by atoms with van der Waals surface area (Å²) < 4.78 is 0.630. The van der Waals surface area contributed by atoms with Gasteiger partial charge in [-0.15, -0.1) is 12.6 Å². The number of hydrogen-bond acceptors (Lipinski definition) is 1. The Kier molecular flexibility index (Phi) is 38.4. The number of hydrogen-bond donors (Lipinski definition) is 2. The SMILES string of the molecule is S=C(S)NCCCCCCCCCCCCCCCCCCCCCCCCCCCCCCCCCCCBr. The zero-order chi connectivity index (χ0) is 29.0. The van der Waals surface area contributed by atoms with Gasteiger partial charge in [-0.3, -0.25) is 0 Å². The van der Waals surface area contributed by atoms with Gasteiger partial charge in [0.25, 0.3) is 0 Å². The van der Waals surface area contributed by atoms with Crippen LogP contribution in [0.15, 0.2) is 0 Å². The standard InChI is InChI=1S/C36H72BrNS2/c37-34-32-30-28-26-24-22-20-18-16-14-12-10-8-6-4-2-1-3-5-7-9-11-13-15-17-19-21-23-25-27-29-31-33-35-38-36(39)40/h1-35H2,(H2,38,39,40). The second-order valence-corrected chi connectivity index (χ2v) is 14.5. The van der Waals surface area contributed by atoms with Gasteiger partial charge in [-0.2, -0.15) is 0 Å². The van der Waals surface area contributed by atoms with Crippen LogP contribution in [0, 0.1) is 0 Å². The van der Waals surface area contributed by atoms with Crippen molar-refractivity contribution in [3.63, 3.8) is 0 Å². The number of thiol groups is 1. The molecule has 0 aliphatic heterocycles. The van der Waals surface area contributed by atoms with Crippen LogP contribution >= 0.6 is 40.8 Å². The topological polar surface area (TPSA) is 12.0 Å². The zero-order valence-corrected chi connectivity index (χ0v) is 30.3. The molecule has 0 amide bonds. The molecular formula is C36H72BrNS2. The van der Waals surface area contributed by atoms with Crippen LogP contribution in [0.4, 0.5) is 0 Å². The molecule has 0 unspecified atom stereocenters. The van der Waals surface area contributed by atoms with Gasteiger partial charge in [-0.05, 0) is 12.8 Å². The third-order valence-corrected chi connectivity index (χ3v) is 9.45. The van der Waals surface area contributed by atoms with Crippen molar-refractivity contribution in [1.29, 1.82) is 0 Å². The van der Waals surface area contributed by atoms with Crippen molar-refractivity contribution in [1.82, 2.24) is 5.32 Å². The summed E-state index contributed by atoms with van der Waals surface area (Å²) >= 11 is 12.5. The van der Waals surface area contributed by atoms with Crippen molar-refractivity contribution in [2.45, 2.75) is 212 Å². The van der Waals surface area contributed by atoms with Gasteiger partial charge >= 0.3 is 0 Å². The van der Waals surface area contributed by atoms with E-state index >= 15 is 0 Å². The largest absolute Gasteiger partial charge is 0.371 e. The van der Waals surface area contributed by atoms with E-state index in [-0.39, 0.29) is 0 Å². The molecule has 1 N–H and O–H groups in total. The number of nitrogens with one attached hydrogen (secondary N) is 1. The first-order chi connectivity index (χ1) is 19.8. The van der Waals surface area contributed by atoms with E-state index in [0.717, 1.165) is 6.54 Å². The minimum atomic E-state index is 0.630. The molecular weight excluding hydrogens is 590 g/mol. The first-order valence-corrected chi connectivity index (χ1v) is 20.3. The minimum Gasteiger partial charge on any atom is -0.371 e. The van der Waals surface area contributed by atoms with E-state index in [2.05, 4.69) is 33.9 Å². The number of alkyl halides is 1. The highest BCUT2D eigenvalue weighted by atomic mass is 79.9. The molecule has 4 heteroatoms. The Morgan fingerprint density at radius 3 is 0.700 bits per heavy atom. The van der Waals surface area contributed by atoms with Crippen molar-refractivity contribution in [2.24, 2.45) is 0 Å². The van der Waals surface area contributed by atoms with Gasteiger partial charge < -0.3 is 5.32 Å². The van der Waals surface area contributed by atoms with Crippen molar-refractivity contribution in [2.75, 3.05) is 11.9 Å². The van der Waals surface area contributed by atoms with E-state index in [1.807, 2.05) is 0 Å². The third kappa shape index (κ3) is 38.7. The van der Waals surface area contributed by atoms with Gasteiger partial charge in [0.1, 0.15) is 4.32 Å². The van der Waals surface area contributed by atoms with Crippen LogP contribution in [0.25, 0.3) is 0 Å². The van der Waals surface area contributed by atoms with Gasteiger partial charge in [-0.25, -0.2) is 0 Å². The highest BCUT2D eigenvalue weighted by Crippen LogP contribution is 2.17. The van der Waals surface area contributed by atoms with E-state index in [9.17, 15) is 0 Å². The molecule has 0 fully saturated rings. The van der Waals surface area contributed by atoms with Gasteiger partial charge in [0, 0.05) is 11.9 Å². The van der Waals surface area contributed by atoms with Crippen LogP contribution in [0.5, 0.6) is 0 Å². The lowest BCUT2D eigenvalue weighted by molar-refractivity contribution is 0.511. The Morgan fingerprint density at radius 1 is 0.350 bits per heavy atom. The number of halogens is 1. The molecule has 1 nitrogen and oxygen atoms in total. The lowest BCUT2D eigenvalue weighted by Gasteiger charge is -2.05. The molecule has 0 bridgehead atoms. The Balaban J connectivity index is 3.03. The van der Waals surface area contributed by atoms with Crippen LogP contribution in [0.2, 0.25) is 0 Å². The maximum Gasteiger partial charge on any atom is 0.130 e. The Morgan fingerprint density at radius 2 is 0.525 bits per heavy atom. The van der Waals surface area contributed by atoms with Gasteiger partial charge in [0.2, 0.25) is 0 Å². The van der Waals surface area contributed by atoms with E-state index in [4.69, 9.17) is 12.2 Å². The average molecular weight is 663 g/mol. The normalized spacial score (nSPS) is 11.3. The van der Waals surface area contributed by atoms with Gasteiger partial charge in [-0.1, -0.05) is 227 Å². The third-order valence-electron chi connectivity index (χ3n) is 8.59. The number of thiocarbonyl (C=S) groups is 1. The quantitative estimate of drug-likeness (QED) is 0.0303. The van der Waals surface area contributed by atoms with Gasteiger partial charge in [0.05, 0.1) is 0 Å². The summed E-state index contributed by atoms with van der Waals surface area (Å²) in [7, 11) is 0. The van der Waals surface area contributed by atoms with E-state index < -0.39 is 0 Å². The summed E-state index contributed by atoms with van der Waals surface area (Å²) in [4.78, 5) is 0. The fourth-order valence-corrected chi connectivity index (χ4v) is 6.51. The Hall–Kier alpha value is 0.720. The summed E-state index contributed by atoms with van der Waals surface area (Å²) in [5.74, 6) is 0. The molecule has 0 atom stereocenters. The fourth-order valence-electron chi connectivity index (χ4n) is 5.89. The Bertz CT molecular complexity index is 474. The molecule has 0 aromatic rings. The van der Waals surface area contributed by atoms with Crippen LogP contribution in [-0.2, 0) is 0 Å². The molecule has 0 aromatic carbocycles. The maximum absolute atomic E-state index is 4.90. The average Bonchev–Trinajstić information content (AvgIpc) is 2.95. The summed E-state index contributed by atoms with van der Waals surface area (Å²) in [5.41, 5.74) is 0. The van der Waals surface area contributed by atoms with Crippen molar-refractivity contribution in [3.05, 3.63) is 0 Å². The molecule has 0 aromatic heterocycles. The lowest BCUT2D eigenvalue weighted by Crippen LogP contribution is -2.17. The zero-order valence-electron chi connectivity index (χ0n) is 27.0. The maximum atomic E-state index is 4.90. The van der Waals surface area contributed by atoms with Crippen LogP contribution in [0.1, 0.15) is 212 Å². The molecule has 240 valence electrons. The molecule has 0 aliphatic carbocycles. The van der Waals surface area contributed by atoms with Crippen LogP contribution in [0.3, 0.4) is 0 Å². The van der Waals surface area contributed by atoms with E-state index in [1.54, 1.807) is 0 Å². The molecule has 0 heterocycles. The predicted octanol–water partition coefficient (Wildman–Crippen LogP) is 14.1.